The van der Waals surface area contributed by atoms with Crippen LogP contribution in [0, 0.1) is 13.8 Å². The average molecular weight is 395 g/mol. The lowest BCUT2D eigenvalue weighted by Gasteiger charge is -2.17. The van der Waals surface area contributed by atoms with Crippen molar-refractivity contribution in [3.05, 3.63) is 61.5 Å². The molecular weight excluding hydrogens is 378 g/mol. The van der Waals surface area contributed by atoms with Gasteiger partial charge in [-0.25, -0.2) is 0 Å². The van der Waals surface area contributed by atoms with E-state index in [4.69, 9.17) is 0 Å². The number of anilines is 1. The van der Waals surface area contributed by atoms with Gasteiger partial charge < -0.3 is 5.32 Å². The Labute approximate surface area is 137 Å². The molecule has 0 saturated heterocycles. The van der Waals surface area contributed by atoms with Crippen molar-refractivity contribution in [3.63, 3.8) is 0 Å². The van der Waals surface area contributed by atoms with Crippen LogP contribution < -0.4 is 5.32 Å². The van der Waals surface area contributed by atoms with Gasteiger partial charge in [0.2, 0.25) is 0 Å². The highest BCUT2D eigenvalue weighted by atomic mass is 79.9. The van der Waals surface area contributed by atoms with Crippen LogP contribution in [0.4, 0.5) is 5.69 Å². The van der Waals surface area contributed by atoms with Crippen molar-refractivity contribution >= 4 is 37.5 Å². The predicted octanol–water partition coefficient (Wildman–Crippen LogP) is 5.93. The van der Waals surface area contributed by atoms with E-state index in [1.54, 1.807) is 0 Å². The Morgan fingerprint density at radius 2 is 1.80 bits per heavy atom. The summed E-state index contributed by atoms with van der Waals surface area (Å²) in [5, 5.41) is 3.69. The molecule has 1 aliphatic rings. The van der Waals surface area contributed by atoms with Gasteiger partial charge in [-0.05, 0) is 67.1 Å². The molecule has 0 heterocycles. The van der Waals surface area contributed by atoms with Crippen LogP contribution in [0.5, 0.6) is 0 Å². The lowest BCUT2D eigenvalue weighted by atomic mass is 10.1. The van der Waals surface area contributed by atoms with E-state index < -0.39 is 0 Å². The molecule has 3 heteroatoms. The molecule has 1 N–H and O–H groups in total. The Morgan fingerprint density at radius 3 is 2.50 bits per heavy atom. The van der Waals surface area contributed by atoms with Crippen molar-refractivity contribution in [3.8, 4) is 0 Å². The first-order chi connectivity index (χ1) is 9.56. The summed E-state index contributed by atoms with van der Waals surface area (Å²) in [6, 6.07) is 11.3. The van der Waals surface area contributed by atoms with E-state index in [-0.39, 0.29) is 0 Å². The highest BCUT2D eigenvalue weighted by Crippen LogP contribution is 2.38. The molecule has 104 valence electrons. The van der Waals surface area contributed by atoms with E-state index in [2.05, 4.69) is 81.4 Å². The van der Waals surface area contributed by atoms with Gasteiger partial charge in [-0.1, -0.05) is 44.0 Å². The van der Waals surface area contributed by atoms with Crippen LogP contribution in [0.3, 0.4) is 0 Å². The van der Waals surface area contributed by atoms with E-state index in [0.717, 1.165) is 12.8 Å². The summed E-state index contributed by atoms with van der Waals surface area (Å²) >= 11 is 7.29. The van der Waals surface area contributed by atoms with E-state index in [9.17, 15) is 0 Å². The first kappa shape index (κ1) is 14.2. The fraction of sp³-hybridized carbons (Fsp3) is 0.294. The van der Waals surface area contributed by atoms with Crippen molar-refractivity contribution in [1.82, 2.24) is 0 Å². The summed E-state index contributed by atoms with van der Waals surface area (Å²) in [5.74, 6) is 0. The molecule has 1 nitrogen and oxygen atoms in total. The van der Waals surface area contributed by atoms with E-state index in [1.165, 1.54) is 36.9 Å². The highest BCUT2D eigenvalue weighted by Gasteiger charge is 2.23. The van der Waals surface area contributed by atoms with Gasteiger partial charge >= 0.3 is 0 Å². The van der Waals surface area contributed by atoms with Gasteiger partial charge in [0.1, 0.15) is 0 Å². The number of nitrogens with one attached hydrogen (secondary N) is 1. The number of hydrogen-bond donors (Lipinski definition) is 1. The second-order valence-electron chi connectivity index (χ2n) is 5.47. The zero-order valence-electron chi connectivity index (χ0n) is 11.6. The second-order valence-corrected chi connectivity index (χ2v) is 7.11. The molecule has 1 atom stereocenters. The summed E-state index contributed by atoms with van der Waals surface area (Å²) in [4.78, 5) is 0. The SMILES string of the molecule is Cc1cc(NC2CCc3c(Br)cccc32)cc(C)c1Br. The number of rotatable bonds is 2. The maximum Gasteiger partial charge on any atom is 0.0520 e. The molecule has 3 rings (SSSR count). The minimum Gasteiger partial charge on any atom is -0.378 e. The van der Waals surface area contributed by atoms with Gasteiger partial charge in [0.05, 0.1) is 6.04 Å². The van der Waals surface area contributed by atoms with Crippen molar-refractivity contribution in [2.24, 2.45) is 0 Å². The largest absolute Gasteiger partial charge is 0.378 e. The van der Waals surface area contributed by atoms with Crippen molar-refractivity contribution in [2.75, 3.05) is 5.32 Å². The minimum absolute atomic E-state index is 0.419. The Balaban J connectivity index is 1.90. The van der Waals surface area contributed by atoms with E-state index >= 15 is 0 Å². The molecule has 0 aliphatic heterocycles. The monoisotopic (exact) mass is 393 g/mol. The molecule has 0 amide bonds. The lowest BCUT2D eigenvalue weighted by Crippen LogP contribution is -2.07. The van der Waals surface area contributed by atoms with Gasteiger partial charge in [-0.15, -0.1) is 0 Å². The summed E-state index contributed by atoms with van der Waals surface area (Å²) < 4.78 is 2.44. The molecule has 0 spiro atoms. The van der Waals surface area contributed by atoms with Crippen LogP contribution in [-0.4, -0.2) is 0 Å². The molecule has 0 radical (unpaired) electrons. The average Bonchev–Trinajstić information content (AvgIpc) is 2.81. The minimum atomic E-state index is 0.419. The Morgan fingerprint density at radius 1 is 1.10 bits per heavy atom. The van der Waals surface area contributed by atoms with Gasteiger partial charge in [-0.3, -0.25) is 0 Å². The number of aryl methyl sites for hydroxylation is 2. The first-order valence-electron chi connectivity index (χ1n) is 6.87. The van der Waals surface area contributed by atoms with Crippen LogP contribution in [0.25, 0.3) is 0 Å². The third kappa shape index (κ3) is 2.53. The third-order valence-corrected chi connectivity index (χ3v) is 5.98. The molecule has 0 aromatic heterocycles. The molecule has 2 aromatic carbocycles. The van der Waals surface area contributed by atoms with Gasteiger partial charge in [0, 0.05) is 14.6 Å². The number of halogens is 2. The third-order valence-electron chi connectivity index (χ3n) is 3.99. The molecule has 0 saturated carbocycles. The lowest BCUT2D eigenvalue weighted by molar-refractivity contribution is 0.761. The molecule has 2 aromatic rings. The van der Waals surface area contributed by atoms with E-state index in [0.29, 0.717) is 6.04 Å². The standard InChI is InChI=1S/C17H17Br2N/c1-10-8-12(9-11(2)17(10)19)20-16-7-6-13-14(16)4-3-5-15(13)18/h3-5,8-9,16,20H,6-7H2,1-2H3. The topological polar surface area (TPSA) is 12.0 Å². The van der Waals surface area contributed by atoms with Crippen molar-refractivity contribution in [1.29, 1.82) is 0 Å². The number of hydrogen-bond acceptors (Lipinski definition) is 1. The summed E-state index contributed by atoms with van der Waals surface area (Å²) in [7, 11) is 0. The predicted molar refractivity (Wildman–Crippen MR) is 92.4 cm³/mol. The fourth-order valence-corrected chi connectivity index (χ4v) is 3.80. The van der Waals surface area contributed by atoms with Gasteiger partial charge in [0.25, 0.3) is 0 Å². The van der Waals surface area contributed by atoms with Crippen LogP contribution in [0.2, 0.25) is 0 Å². The Kier molecular flexibility index (Phi) is 3.91. The molecule has 20 heavy (non-hydrogen) atoms. The maximum atomic E-state index is 3.69. The van der Waals surface area contributed by atoms with Crippen LogP contribution >= 0.6 is 31.9 Å². The van der Waals surface area contributed by atoms with Crippen LogP contribution in [-0.2, 0) is 6.42 Å². The first-order valence-corrected chi connectivity index (χ1v) is 8.45. The van der Waals surface area contributed by atoms with Crippen molar-refractivity contribution in [2.45, 2.75) is 32.7 Å². The van der Waals surface area contributed by atoms with Crippen LogP contribution in [0.1, 0.15) is 34.7 Å². The summed E-state index contributed by atoms with van der Waals surface area (Å²) in [6.45, 7) is 4.28. The normalized spacial score (nSPS) is 17.1. The molecule has 1 unspecified atom stereocenters. The van der Waals surface area contributed by atoms with Crippen molar-refractivity contribution < 1.29 is 0 Å². The number of fused-ring (bicyclic) bond motifs is 1. The van der Waals surface area contributed by atoms with Gasteiger partial charge in [0.15, 0.2) is 0 Å². The van der Waals surface area contributed by atoms with Gasteiger partial charge in [-0.2, -0.15) is 0 Å². The Bertz CT molecular complexity index is 641. The fourth-order valence-electron chi connectivity index (χ4n) is 2.99. The molecule has 1 aliphatic carbocycles. The highest BCUT2D eigenvalue weighted by molar-refractivity contribution is 9.10. The Hall–Kier alpha value is -0.800. The quantitative estimate of drug-likeness (QED) is 0.665. The van der Waals surface area contributed by atoms with Crippen LogP contribution in [0.15, 0.2) is 39.3 Å². The zero-order valence-corrected chi connectivity index (χ0v) is 14.8. The second kappa shape index (κ2) is 5.53. The van der Waals surface area contributed by atoms with E-state index in [1.807, 2.05) is 0 Å². The zero-order chi connectivity index (χ0) is 14.3. The smallest absolute Gasteiger partial charge is 0.0520 e. The number of benzene rings is 2. The molecule has 0 fully saturated rings. The summed E-state index contributed by atoms with van der Waals surface area (Å²) in [6.07, 6.45) is 2.30. The molecular formula is C17H17Br2N. The summed E-state index contributed by atoms with van der Waals surface area (Å²) in [5.41, 5.74) is 6.65. The maximum absolute atomic E-state index is 3.69. The molecule has 0 bridgehead atoms.